The van der Waals surface area contributed by atoms with E-state index in [1.807, 2.05) is 60.7 Å². The summed E-state index contributed by atoms with van der Waals surface area (Å²) in [5.41, 5.74) is 7.83. The van der Waals surface area contributed by atoms with Crippen molar-refractivity contribution in [2.75, 3.05) is 0 Å². The van der Waals surface area contributed by atoms with Gasteiger partial charge in [0.2, 0.25) is 0 Å². The number of halogens is 1. The van der Waals surface area contributed by atoms with Crippen LogP contribution in [-0.4, -0.2) is 12.0 Å². The summed E-state index contributed by atoms with van der Waals surface area (Å²) in [6.45, 7) is 0.266. The van der Waals surface area contributed by atoms with Crippen molar-refractivity contribution in [3.05, 3.63) is 71.8 Å². The number of hydrogen-bond acceptors (Lipinski definition) is 3. The summed E-state index contributed by atoms with van der Waals surface area (Å²) < 4.78 is 5.20. The maximum Gasteiger partial charge on any atom is 0.323 e. The molecule has 1 unspecified atom stereocenters. The summed E-state index contributed by atoms with van der Waals surface area (Å²) in [6, 6.07) is 18.6. The van der Waals surface area contributed by atoms with Crippen molar-refractivity contribution in [3.63, 3.8) is 0 Å². The second-order valence-corrected chi connectivity index (χ2v) is 4.39. The predicted octanol–water partition coefficient (Wildman–Crippen LogP) is 2.72. The van der Waals surface area contributed by atoms with Crippen molar-refractivity contribution in [1.82, 2.24) is 0 Å². The molecule has 0 saturated carbocycles. The molecule has 0 bridgehead atoms. The van der Waals surface area contributed by atoms with E-state index in [0.29, 0.717) is 6.42 Å². The molecule has 0 aliphatic rings. The fraction of sp³-hybridized carbons (Fsp3) is 0.188. The molecule has 4 heteroatoms. The number of rotatable bonds is 5. The van der Waals surface area contributed by atoms with Crippen molar-refractivity contribution in [2.45, 2.75) is 19.1 Å². The Morgan fingerprint density at radius 3 is 2.00 bits per heavy atom. The molecule has 0 fully saturated rings. The lowest BCUT2D eigenvalue weighted by atomic mass is 10.1. The van der Waals surface area contributed by atoms with Gasteiger partial charge >= 0.3 is 5.97 Å². The third-order valence-electron chi connectivity index (χ3n) is 2.83. The zero-order chi connectivity index (χ0) is 13.5. The minimum absolute atomic E-state index is 0. The molecule has 2 aromatic rings. The van der Waals surface area contributed by atoms with E-state index in [2.05, 4.69) is 0 Å². The number of benzene rings is 2. The van der Waals surface area contributed by atoms with E-state index in [1.165, 1.54) is 0 Å². The van der Waals surface area contributed by atoms with Gasteiger partial charge in [0.15, 0.2) is 0 Å². The van der Waals surface area contributed by atoms with Crippen LogP contribution in [0.4, 0.5) is 0 Å². The van der Waals surface area contributed by atoms with Crippen LogP contribution >= 0.6 is 12.4 Å². The molecule has 1 atom stereocenters. The molecule has 0 heterocycles. The summed E-state index contributed by atoms with van der Waals surface area (Å²) in [7, 11) is 0. The Morgan fingerprint density at radius 1 is 0.950 bits per heavy atom. The summed E-state index contributed by atoms with van der Waals surface area (Å²) in [4.78, 5) is 11.8. The SMILES string of the molecule is Cl.NC(Cc1ccccc1)C(=O)OCc1ccccc1. The molecule has 2 rings (SSSR count). The minimum atomic E-state index is -0.619. The molecular formula is C16H18ClNO2. The molecule has 2 N–H and O–H groups in total. The van der Waals surface area contributed by atoms with Gasteiger partial charge in [-0.15, -0.1) is 12.4 Å². The molecule has 2 aromatic carbocycles. The van der Waals surface area contributed by atoms with E-state index in [9.17, 15) is 4.79 Å². The Hall–Kier alpha value is -1.84. The first-order valence-corrected chi connectivity index (χ1v) is 6.26. The van der Waals surface area contributed by atoms with Crippen LogP contribution in [0.2, 0.25) is 0 Å². The van der Waals surface area contributed by atoms with Gasteiger partial charge in [0.1, 0.15) is 12.6 Å². The lowest BCUT2D eigenvalue weighted by Gasteiger charge is -2.11. The Bertz CT molecular complexity index is 517. The summed E-state index contributed by atoms with van der Waals surface area (Å²) in [5, 5.41) is 0. The number of esters is 1. The zero-order valence-corrected chi connectivity index (χ0v) is 11.9. The number of hydrogen-bond donors (Lipinski definition) is 1. The highest BCUT2D eigenvalue weighted by Crippen LogP contribution is 2.05. The van der Waals surface area contributed by atoms with Gasteiger partial charge in [-0.3, -0.25) is 4.79 Å². The Labute approximate surface area is 125 Å². The lowest BCUT2D eigenvalue weighted by Crippen LogP contribution is -2.34. The van der Waals surface area contributed by atoms with E-state index in [4.69, 9.17) is 10.5 Å². The van der Waals surface area contributed by atoms with Crippen LogP contribution in [0.1, 0.15) is 11.1 Å². The average Bonchev–Trinajstić information content (AvgIpc) is 2.47. The molecule has 0 aromatic heterocycles. The predicted molar refractivity (Wildman–Crippen MR) is 81.6 cm³/mol. The van der Waals surface area contributed by atoms with Gasteiger partial charge in [0, 0.05) is 0 Å². The third kappa shape index (κ3) is 5.03. The number of carbonyl (C=O) groups excluding carboxylic acids is 1. The summed E-state index contributed by atoms with van der Waals surface area (Å²) in [6.07, 6.45) is 0.495. The van der Waals surface area contributed by atoms with Crippen molar-refractivity contribution in [3.8, 4) is 0 Å². The monoisotopic (exact) mass is 291 g/mol. The molecule has 0 aliphatic heterocycles. The molecule has 0 aliphatic carbocycles. The van der Waals surface area contributed by atoms with E-state index >= 15 is 0 Å². The largest absolute Gasteiger partial charge is 0.460 e. The first kappa shape index (κ1) is 16.2. The van der Waals surface area contributed by atoms with Gasteiger partial charge in [0.05, 0.1) is 0 Å². The summed E-state index contributed by atoms with van der Waals surface area (Å²) in [5.74, 6) is -0.368. The highest BCUT2D eigenvalue weighted by molar-refractivity contribution is 5.85. The Balaban J connectivity index is 0.00000200. The maximum atomic E-state index is 11.8. The van der Waals surface area contributed by atoms with Crippen LogP contribution < -0.4 is 5.73 Å². The van der Waals surface area contributed by atoms with Crippen LogP contribution in [0.5, 0.6) is 0 Å². The minimum Gasteiger partial charge on any atom is -0.460 e. The highest BCUT2D eigenvalue weighted by atomic mass is 35.5. The average molecular weight is 292 g/mol. The van der Waals surface area contributed by atoms with Crippen molar-refractivity contribution < 1.29 is 9.53 Å². The van der Waals surface area contributed by atoms with Gasteiger partial charge in [-0.1, -0.05) is 60.7 Å². The molecule has 20 heavy (non-hydrogen) atoms. The van der Waals surface area contributed by atoms with Crippen LogP contribution in [-0.2, 0) is 22.6 Å². The number of ether oxygens (including phenoxy) is 1. The quantitative estimate of drug-likeness (QED) is 0.862. The third-order valence-corrected chi connectivity index (χ3v) is 2.83. The van der Waals surface area contributed by atoms with Crippen molar-refractivity contribution >= 4 is 18.4 Å². The zero-order valence-electron chi connectivity index (χ0n) is 11.1. The van der Waals surface area contributed by atoms with Gasteiger partial charge < -0.3 is 10.5 Å². The molecule has 0 spiro atoms. The second-order valence-electron chi connectivity index (χ2n) is 4.39. The van der Waals surface area contributed by atoms with Crippen LogP contribution in [0.25, 0.3) is 0 Å². The highest BCUT2D eigenvalue weighted by Gasteiger charge is 2.15. The Morgan fingerprint density at radius 2 is 1.45 bits per heavy atom. The lowest BCUT2D eigenvalue weighted by molar-refractivity contribution is -0.146. The summed E-state index contributed by atoms with van der Waals surface area (Å²) >= 11 is 0. The van der Waals surface area contributed by atoms with Gasteiger partial charge in [-0.2, -0.15) is 0 Å². The normalized spacial score (nSPS) is 11.2. The van der Waals surface area contributed by atoms with Crippen molar-refractivity contribution in [1.29, 1.82) is 0 Å². The number of carbonyl (C=O) groups is 1. The maximum absolute atomic E-state index is 11.8. The standard InChI is InChI=1S/C16H17NO2.ClH/c17-15(11-13-7-3-1-4-8-13)16(18)19-12-14-9-5-2-6-10-14;/h1-10,15H,11-12,17H2;1H. The smallest absolute Gasteiger partial charge is 0.323 e. The Kier molecular flexibility index (Phi) is 6.77. The first-order valence-electron chi connectivity index (χ1n) is 6.26. The van der Waals surface area contributed by atoms with Crippen molar-refractivity contribution in [2.24, 2.45) is 5.73 Å². The van der Waals surface area contributed by atoms with Gasteiger partial charge in [0.25, 0.3) is 0 Å². The van der Waals surface area contributed by atoms with E-state index in [1.54, 1.807) is 0 Å². The fourth-order valence-corrected chi connectivity index (χ4v) is 1.79. The molecule has 0 radical (unpaired) electrons. The van der Waals surface area contributed by atoms with Gasteiger partial charge in [-0.25, -0.2) is 0 Å². The molecule has 0 saturated heterocycles. The van der Waals surface area contributed by atoms with Crippen LogP contribution in [0, 0.1) is 0 Å². The molecule has 3 nitrogen and oxygen atoms in total. The number of nitrogens with two attached hydrogens (primary N) is 1. The molecule has 106 valence electrons. The molecule has 0 amide bonds. The van der Waals surface area contributed by atoms with Crippen LogP contribution in [0.15, 0.2) is 60.7 Å². The van der Waals surface area contributed by atoms with E-state index < -0.39 is 6.04 Å². The van der Waals surface area contributed by atoms with E-state index in [-0.39, 0.29) is 25.0 Å². The van der Waals surface area contributed by atoms with E-state index in [0.717, 1.165) is 11.1 Å². The van der Waals surface area contributed by atoms with Gasteiger partial charge in [-0.05, 0) is 17.5 Å². The topological polar surface area (TPSA) is 52.3 Å². The van der Waals surface area contributed by atoms with Crippen LogP contribution in [0.3, 0.4) is 0 Å². The molecular weight excluding hydrogens is 274 g/mol. The first-order chi connectivity index (χ1) is 9.25. The fourth-order valence-electron chi connectivity index (χ4n) is 1.79. The second kappa shape index (κ2) is 8.35.